The van der Waals surface area contributed by atoms with Crippen LogP contribution in [0.2, 0.25) is 0 Å². The van der Waals surface area contributed by atoms with E-state index in [2.05, 4.69) is 5.32 Å². The Labute approximate surface area is 152 Å². The number of carbonyl (C=O) groups excluding carboxylic acids is 1. The van der Waals surface area contributed by atoms with Gasteiger partial charge in [-0.2, -0.15) is 0 Å². The Morgan fingerprint density at radius 3 is 2.54 bits per heavy atom. The molecule has 1 aliphatic heterocycles. The predicted molar refractivity (Wildman–Crippen MR) is 97.2 cm³/mol. The van der Waals surface area contributed by atoms with Crippen LogP contribution in [0.25, 0.3) is 0 Å². The Kier molecular flexibility index (Phi) is 5.58. The topological polar surface area (TPSA) is 88.0 Å². The summed E-state index contributed by atoms with van der Waals surface area (Å²) in [5.74, 6) is -0.659. The molecule has 8 nitrogen and oxygen atoms in total. The number of halogens is 1. The Bertz CT molecular complexity index is 705. The van der Waals surface area contributed by atoms with E-state index in [1.54, 1.807) is 37.6 Å². The molecule has 1 atom stereocenters. The maximum atomic E-state index is 14.5. The number of nitrogens with one attached hydrogen (secondary N) is 1. The SMILES string of the molecule is CNc1cc(N2CCN(C(=O)OC(C)(C)C)C[C@@H]2C)c(F)cc1[N+](=O)[O-]. The van der Waals surface area contributed by atoms with Crippen LogP contribution >= 0.6 is 0 Å². The molecule has 0 aliphatic carbocycles. The molecule has 26 heavy (non-hydrogen) atoms. The molecule has 1 aromatic carbocycles. The molecule has 0 saturated carbocycles. The van der Waals surface area contributed by atoms with Crippen molar-refractivity contribution in [3.05, 3.63) is 28.1 Å². The maximum absolute atomic E-state index is 14.5. The lowest BCUT2D eigenvalue weighted by molar-refractivity contribution is -0.384. The fourth-order valence-corrected chi connectivity index (χ4v) is 2.93. The number of benzene rings is 1. The standard InChI is InChI=1S/C17H25FN4O4/c1-11-10-20(16(23)26-17(2,3)4)6-7-21(11)14-9-13(19-5)15(22(24)25)8-12(14)18/h8-9,11,19H,6-7,10H2,1-5H3/t11-/m0/s1. The normalized spacial score (nSPS) is 17.8. The van der Waals surface area contributed by atoms with Crippen LogP contribution < -0.4 is 10.2 Å². The summed E-state index contributed by atoms with van der Waals surface area (Å²) in [5.41, 5.74) is -0.373. The fourth-order valence-electron chi connectivity index (χ4n) is 2.93. The summed E-state index contributed by atoms with van der Waals surface area (Å²) in [4.78, 5) is 26.0. The van der Waals surface area contributed by atoms with Gasteiger partial charge in [0.1, 0.15) is 11.3 Å². The third-order valence-corrected chi connectivity index (χ3v) is 4.12. The van der Waals surface area contributed by atoms with Gasteiger partial charge in [0.2, 0.25) is 0 Å². The number of carbonyl (C=O) groups is 1. The zero-order valence-corrected chi connectivity index (χ0v) is 15.7. The number of nitrogens with zero attached hydrogens (tertiary/aromatic N) is 3. The van der Waals surface area contributed by atoms with Gasteiger partial charge in [0.05, 0.1) is 16.7 Å². The fraction of sp³-hybridized carbons (Fsp3) is 0.588. The molecule has 1 aliphatic rings. The highest BCUT2D eigenvalue weighted by Crippen LogP contribution is 2.34. The Balaban J connectivity index is 2.19. The molecule has 1 N–H and O–H groups in total. The van der Waals surface area contributed by atoms with Crippen molar-refractivity contribution in [3.8, 4) is 0 Å². The first-order valence-electron chi connectivity index (χ1n) is 8.43. The van der Waals surface area contributed by atoms with E-state index >= 15 is 0 Å². The first-order chi connectivity index (χ1) is 12.0. The first-order valence-corrected chi connectivity index (χ1v) is 8.43. The second kappa shape index (κ2) is 7.35. The number of rotatable bonds is 3. The molecule has 0 aromatic heterocycles. The van der Waals surface area contributed by atoms with Gasteiger partial charge >= 0.3 is 6.09 Å². The van der Waals surface area contributed by atoms with Gasteiger partial charge in [-0.05, 0) is 33.8 Å². The molecule has 1 fully saturated rings. The predicted octanol–water partition coefficient (Wildman–Crippen LogP) is 3.22. The first kappa shape index (κ1) is 19.7. The van der Waals surface area contributed by atoms with Crippen molar-refractivity contribution in [1.29, 1.82) is 0 Å². The lowest BCUT2D eigenvalue weighted by Crippen LogP contribution is -2.54. The van der Waals surface area contributed by atoms with E-state index in [1.165, 1.54) is 6.07 Å². The second-order valence-electron chi connectivity index (χ2n) is 7.30. The van der Waals surface area contributed by atoms with E-state index in [-0.39, 0.29) is 23.1 Å². The smallest absolute Gasteiger partial charge is 0.410 e. The van der Waals surface area contributed by atoms with Crippen LogP contribution in [0.4, 0.5) is 26.2 Å². The monoisotopic (exact) mass is 368 g/mol. The molecule has 144 valence electrons. The molecule has 2 rings (SSSR count). The average molecular weight is 368 g/mol. The number of nitro benzene ring substituents is 1. The summed E-state index contributed by atoms with van der Waals surface area (Å²) in [6.07, 6.45) is -0.399. The van der Waals surface area contributed by atoms with Gasteiger partial charge in [0, 0.05) is 32.7 Å². The Hall–Kier alpha value is -2.58. The van der Waals surface area contributed by atoms with Crippen LogP contribution in [0.5, 0.6) is 0 Å². The van der Waals surface area contributed by atoms with E-state index in [0.29, 0.717) is 19.6 Å². The third kappa shape index (κ3) is 4.33. The van der Waals surface area contributed by atoms with Crippen molar-refractivity contribution in [2.75, 3.05) is 36.9 Å². The summed E-state index contributed by atoms with van der Waals surface area (Å²) in [6.45, 7) is 8.43. The van der Waals surface area contributed by atoms with Crippen molar-refractivity contribution in [2.24, 2.45) is 0 Å². The van der Waals surface area contributed by atoms with Crippen LogP contribution in [-0.4, -0.2) is 54.2 Å². The molecule has 1 saturated heterocycles. The van der Waals surface area contributed by atoms with Crippen LogP contribution in [0, 0.1) is 15.9 Å². The van der Waals surface area contributed by atoms with Gasteiger partial charge in [0.15, 0.2) is 5.82 Å². The van der Waals surface area contributed by atoms with Gasteiger partial charge < -0.3 is 19.9 Å². The summed E-state index contributed by atoms with van der Waals surface area (Å²) >= 11 is 0. The molecule has 0 unspecified atom stereocenters. The third-order valence-electron chi connectivity index (χ3n) is 4.12. The largest absolute Gasteiger partial charge is 0.444 e. The number of nitro groups is 1. The highest BCUT2D eigenvalue weighted by Gasteiger charge is 2.32. The molecule has 9 heteroatoms. The summed E-state index contributed by atoms with van der Waals surface area (Å²) in [5, 5.41) is 13.8. The van der Waals surface area contributed by atoms with Gasteiger partial charge in [-0.15, -0.1) is 0 Å². The minimum absolute atomic E-state index is 0.170. The molecule has 1 heterocycles. The molecule has 0 spiro atoms. The van der Waals surface area contributed by atoms with Crippen molar-refractivity contribution in [3.63, 3.8) is 0 Å². The van der Waals surface area contributed by atoms with Crippen LogP contribution in [0.1, 0.15) is 27.7 Å². The quantitative estimate of drug-likeness (QED) is 0.651. The number of hydrogen-bond donors (Lipinski definition) is 1. The Morgan fingerprint density at radius 1 is 1.38 bits per heavy atom. The summed E-state index contributed by atoms with van der Waals surface area (Å²) < 4.78 is 19.9. The number of anilines is 2. The zero-order valence-electron chi connectivity index (χ0n) is 15.7. The van der Waals surface area contributed by atoms with Gasteiger partial charge in [-0.3, -0.25) is 10.1 Å². The minimum Gasteiger partial charge on any atom is -0.444 e. The van der Waals surface area contributed by atoms with Crippen molar-refractivity contribution >= 4 is 23.2 Å². The highest BCUT2D eigenvalue weighted by atomic mass is 19.1. The van der Waals surface area contributed by atoms with E-state index in [9.17, 15) is 19.3 Å². The minimum atomic E-state index is -0.659. The van der Waals surface area contributed by atoms with E-state index < -0.39 is 22.4 Å². The zero-order chi connectivity index (χ0) is 19.6. The van der Waals surface area contributed by atoms with Crippen molar-refractivity contribution < 1.29 is 18.8 Å². The maximum Gasteiger partial charge on any atom is 0.410 e. The molecule has 0 radical (unpaired) electrons. The lowest BCUT2D eigenvalue weighted by atomic mass is 10.1. The highest BCUT2D eigenvalue weighted by molar-refractivity contribution is 5.71. The van der Waals surface area contributed by atoms with Crippen molar-refractivity contribution in [2.45, 2.75) is 39.3 Å². The number of ether oxygens (including phenoxy) is 1. The van der Waals surface area contributed by atoms with Crippen LogP contribution in [0.15, 0.2) is 12.1 Å². The number of hydrogen-bond acceptors (Lipinski definition) is 6. The average Bonchev–Trinajstić information content (AvgIpc) is 2.53. The van der Waals surface area contributed by atoms with Crippen LogP contribution in [-0.2, 0) is 4.74 Å². The molecule has 0 bridgehead atoms. The molecular formula is C17H25FN4O4. The molecule has 1 aromatic rings. The van der Waals surface area contributed by atoms with Crippen LogP contribution in [0.3, 0.4) is 0 Å². The summed E-state index contributed by atoms with van der Waals surface area (Å²) in [6, 6.07) is 2.19. The number of amides is 1. The van der Waals surface area contributed by atoms with E-state index in [1.807, 2.05) is 6.92 Å². The van der Waals surface area contributed by atoms with E-state index in [0.717, 1.165) is 6.07 Å². The molecule has 1 amide bonds. The van der Waals surface area contributed by atoms with Crippen molar-refractivity contribution in [1.82, 2.24) is 4.90 Å². The van der Waals surface area contributed by atoms with Gasteiger partial charge in [-0.25, -0.2) is 9.18 Å². The summed E-state index contributed by atoms with van der Waals surface area (Å²) in [7, 11) is 1.55. The number of piperazine rings is 1. The lowest BCUT2D eigenvalue weighted by Gasteiger charge is -2.41. The Morgan fingerprint density at radius 2 is 2.04 bits per heavy atom. The second-order valence-corrected chi connectivity index (χ2v) is 7.30. The van der Waals surface area contributed by atoms with Gasteiger partial charge in [0.25, 0.3) is 5.69 Å². The van der Waals surface area contributed by atoms with Gasteiger partial charge in [-0.1, -0.05) is 0 Å². The van der Waals surface area contributed by atoms with E-state index in [4.69, 9.17) is 4.74 Å². The molecular weight excluding hydrogens is 343 g/mol.